The van der Waals surface area contributed by atoms with Gasteiger partial charge in [-0.1, -0.05) is 18.2 Å². The van der Waals surface area contributed by atoms with Crippen LogP contribution in [0.25, 0.3) is 0 Å². The maximum atomic E-state index is 12.3. The monoisotopic (exact) mass is 354 g/mol. The summed E-state index contributed by atoms with van der Waals surface area (Å²) in [5.74, 6) is 1.22. The number of benzene rings is 2. The van der Waals surface area contributed by atoms with Crippen molar-refractivity contribution in [1.29, 1.82) is 0 Å². The third-order valence-corrected chi connectivity index (χ3v) is 4.05. The second-order valence-corrected chi connectivity index (χ2v) is 6.10. The van der Waals surface area contributed by atoms with Crippen LogP contribution >= 0.6 is 0 Å². The number of rotatable bonds is 8. The molecule has 6 nitrogen and oxygen atoms in total. The fourth-order valence-electron chi connectivity index (χ4n) is 2.49. The van der Waals surface area contributed by atoms with Crippen LogP contribution in [0, 0.1) is 5.92 Å². The molecule has 0 bridgehead atoms. The fraction of sp³-hybridized carbons (Fsp3) is 0.300. The van der Waals surface area contributed by atoms with Crippen molar-refractivity contribution < 1.29 is 19.1 Å². The highest BCUT2D eigenvalue weighted by Crippen LogP contribution is 2.30. The maximum absolute atomic E-state index is 12.3. The number of hydrogen-bond donors (Lipinski definition) is 2. The number of hydrogen-bond acceptors (Lipinski definition) is 4. The van der Waals surface area contributed by atoms with Crippen molar-refractivity contribution in [3.05, 3.63) is 54.1 Å². The third kappa shape index (κ3) is 4.75. The van der Waals surface area contributed by atoms with Crippen LogP contribution in [-0.2, 0) is 4.79 Å². The Kier molecular flexibility index (Phi) is 5.73. The average molecular weight is 354 g/mol. The van der Waals surface area contributed by atoms with Gasteiger partial charge in [-0.2, -0.15) is 0 Å². The molecule has 1 aliphatic carbocycles. The number of carbonyl (C=O) groups is 2. The van der Waals surface area contributed by atoms with E-state index in [9.17, 15) is 9.59 Å². The number of carbonyl (C=O) groups excluding carboxylic acids is 2. The summed E-state index contributed by atoms with van der Waals surface area (Å²) >= 11 is 0. The predicted octanol–water partition coefficient (Wildman–Crippen LogP) is 2.85. The molecule has 0 aromatic heterocycles. The van der Waals surface area contributed by atoms with Crippen molar-refractivity contribution in [3.8, 4) is 11.5 Å². The maximum Gasteiger partial charge on any atom is 0.251 e. The third-order valence-electron chi connectivity index (χ3n) is 4.05. The van der Waals surface area contributed by atoms with Gasteiger partial charge in [-0.3, -0.25) is 9.59 Å². The van der Waals surface area contributed by atoms with E-state index in [1.165, 1.54) is 0 Å². The number of ether oxygens (including phenoxy) is 2. The van der Waals surface area contributed by atoms with Crippen molar-refractivity contribution in [2.75, 3.05) is 25.6 Å². The smallest absolute Gasteiger partial charge is 0.251 e. The summed E-state index contributed by atoms with van der Waals surface area (Å²) in [6.07, 6.45) is 1.89. The summed E-state index contributed by atoms with van der Waals surface area (Å²) in [6, 6.07) is 14.3. The lowest BCUT2D eigenvalue weighted by atomic mass is 10.2. The molecule has 2 N–H and O–H groups in total. The standard InChI is InChI=1S/C20H22N2O4/c1-25-17-7-2-3-8-18(17)26-12-11-21-19(23)15-5-4-6-16(13-15)22-20(24)14-9-10-14/h2-8,13-14H,9-12H2,1H3,(H,21,23)(H,22,24). The zero-order valence-corrected chi connectivity index (χ0v) is 14.7. The first-order chi connectivity index (χ1) is 12.7. The molecular formula is C20H22N2O4. The highest BCUT2D eigenvalue weighted by Gasteiger charge is 2.29. The SMILES string of the molecule is COc1ccccc1OCCNC(=O)c1cccc(NC(=O)C2CC2)c1. The van der Waals surface area contributed by atoms with Crippen molar-refractivity contribution in [1.82, 2.24) is 5.32 Å². The van der Waals surface area contributed by atoms with Crippen LogP contribution in [0.5, 0.6) is 11.5 Å². The number of methoxy groups -OCH3 is 1. The van der Waals surface area contributed by atoms with E-state index in [1.54, 1.807) is 31.4 Å². The Morgan fingerprint density at radius 1 is 1.08 bits per heavy atom. The first kappa shape index (κ1) is 17.8. The summed E-state index contributed by atoms with van der Waals surface area (Å²) in [5.41, 5.74) is 1.13. The van der Waals surface area contributed by atoms with Gasteiger partial charge in [0.1, 0.15) is 6.61 Å². The molecule has 0 radical (unpaired) electrons. The van der Waals surface area contributed by atoms with Crippen molar-refractivity contribution in [3.63, 3.8) is 0 Å². The molecule has 136 valence electrons. The Morgan fingerprint density at radius 3 is 2.58 bits per heavy atom. The van der Waals surface area contributed by atoms with Crippen LogP contribution in [0.1, 0.15) is 23.2 Å². The quantitative estimate of drug-likeness (QED) is 0.715. The van der Waals surface area contributed by atoms with Crippen LogP contribution in [0.3, 0.4) is 0 Å². The lowest BCUT2D eigenvalue weighted by molar-refractivity contribution is -0.117. The van der Waals surface area contributed by atoms with E-state index in [0.717, 1.165) is 12.8 Å². The van der Waals surface area contributed by atoms with Crippen molar-refractivity contribution in [2.45, 2.75) is 12.8 Å². The molecule has 1 fully saturated rings. The first-order valence-electron chi connectivity index (χ1n) is 8.62. The van der Waals surface area contributed by atoms with E-state index < -0.39 is 0 Å². The molecule has 0 aliphatic heterocycles. The van der Waals surface area contributed by atoms with E-state index in [4.69, 9.17) is 9.47 Å². The van der Waals surface area contributed by atoms with E-state index in [-0.39, 0.29) is 17.7 Å². The second kappa shape index (κ2) is 8.38. The van der Waals surface area contributed by atoms with Crippen LogP contribution < -0.4 is 20.1 Å². The van der Waals surface area contributed by atoms with Gasteiger partial charge in [-0.15, -0.1) is 0 Å². The van der Waals surface area contributed by atoms with E-state index in [1.807, 2.05) is 24.3 Å². The van der Waals surface area contributed by atoms with Crippen LogP contribution in [0.15, 0.2) is 48.5 Å². The highest BCUT2D eigenvalue weighted by molar-refractivity contribution is 5.98. The minimum Gasteiger partial charge on any atom is -0.493 e. The average Bonchev–Trinajstić information content (AvgIpc) is 3.51. The molecule has 2 aromatic rings. The minimum atomic E-state index is -0.212. The minimum absolute atomic E-state index is 0.0211. The van der Waals surface area contributed by atoms with Gasteiger partial charge in [-0.05, 0) is 43.2 Å². The summed E-state index contributed by atoms with van der Waals surface area (Å²) in [7, 11) is 1.58. The van der Waals surface area contributed by atoms with E-state index in [0.29, 0.717) is 35.9 Å². The molecule has 0 unspecified atom stereocenters. The van der Waals surface area contributed by atoms with Gasteiger partial charge < -0.3 is 20.1 Å². The fourth-order valence-corrected chi connectivity index (χ4v) is 2.49. The molecule has 2 amide bonds. The highest BCUT2D eigenvalue weighted by atomic mass is 16.5. The summed E-state index contributed by atoms with van der Waals surface area (Å²) in [6.45, 7) is 0.680. The van der Waals surface area contributed by atoms with Crippen LogP contribution in [-0.4, -0.2) is 32.1 Å². The summed E-state index contributed by atoms with van der Waals surface area (Å²) in [4.78, 5) is 24.1. The Hall–Kier alpha value is -3.02. The molecule has 1 saturated carbocycles. The molecule has 0 heterocycles. The molecule has 0 atom stereocenters. The molecule has 3 rings (SSSR count). The molecule has 26 heavy (non-hydrogen) atoms. The number of anilines is 1. The van der Waals surface area contributed by atoms with Crippen LogP contribution in [0.4, 0.5) is 5.69 Å². The Morgan fingerprint density at radius 2 is 1.85 bits per heavy atom. The van der Waals surface area contributed by atoms with E-state index >= 15 is 0 Å². The van der Waals surface area contributed by atoms with Crippen molar-refractivity contribution in [2.24, 2.45) is 5.92 Å². The number of para-hydroxylation sites is 2. The van der Waals surface area contributed by atoms with Crippen molar-refractivity contribution >= 4 is 17.5 Å². The molecule has 0 spiro atoms. The van der Waals surface area contributed by atoms with Gasteiger partial charge >= 0.3 is 0 Å². The number of nitrogens with one attached hydrogen (secondary N) is 2. The molecule has 1 aliphatic rings. The predicted molar refractivity (Wildman–Crippen MR) is 98.6 cm³/mol. The Bertz CT molecular complexity index is 787. The van der Waals surface area contributed by atoms with Gasteiger partial charge in [0, 0.05) is 17.2 Å². The van der Waals surface area contributed by atoms with Gasteiger partial charge in [0.05, 0.1) is 13.7 Å². The van der Waals surface area contributed by atoms with Gasteiger partial charge in [0.2, 0.25) is 5.91 Å². The van der Waals surface area contributed by atoms with Gasteiger partial charge in [0.25, 0.3) is 5.91 Å². The van der Waals surface area contributed by atoms with Gasteiger partial charge in [0.15, 0.2) is 11.5 Å². The molecular weight excluding hydrogens is 332 g/mol. The van der Waals surface area contributed by atoms with Gasteiger partial charge in [-0.25, -0.2) is 0 Å². The molecule has 6 heteroatoms. The Labute approximate surface area is 152 Å². The largest absolute Gasteiger partial charge is 0.493 e. The first-order valence-corrected chi connectivity index (χ1v) is 8.62. The number of amides is 2. The lowest BCUT2D eigenvalue weighted by Crippen LogP contribution is -2.28. The van der Waals surface area contributed by atoms with E-state index in [2.05, 4.69) is 10.6 Å². The summed E-state index contributed by atoms with van der Waals surface area (Å²) in [5, 5.41) is 5.65. The Balaban J connectivity index is 1.48. The normalized spacial score (nSPS) is 13.0. The topological polar surface area (TPSA) is 76.7 Å². The zero-order valence-electron chi connectivity index (χ0n) is 14.7. The lowest BCUT2D eigenvalue weighted by Gasteiger charge is -2.11. The molecule has 2 aromatic carbocycles. The second-order valence-electron chi connectivity index (χ2n) is 6.10. The zero-order chi connectivity index (χ0) is 18.4. The molecule has 0 saturated heterocycles. The van der Waals surface area contributed by atoms with Crippen LogP contribution in [0.2, 0.25) is 0 Å². The summed E-state index contributed by atoms with van der Waals surface area (Å²) < 4.78 is 10.8.